The van der Waals surface area contributed by atoms with Crippen LogP contribution >= 0.6 is 0 Å². The van der Waals surface area contributed by atoms with Gasteiger partial charge in [0, 0.05) is 18.3 Å². The Balaban J connectivity index is 1.55. The number of hydrogen-bond acceptors (Lipinski definition) is 5. The van der Waals surface area contributed by atoms with Crippen LogP contribution in [0.15, 0.2) is 59.8 Å². The summed E-state index contributed by atoms with van der Waals surface area (Å²) in [7, 11) is 0. The first-order chi connectivity index (χ1) is 15.3. The van der Waals surface area contributed by atoms with Crippen molar-refractivity contribution >= 4 is 34.2 Å². The highest BCUT2D eigenvalue weighted by Crippen LogP contribution is 2.20. The van der Waals surface area contributed by atoms with Crippen molar-refractivity contribution in [3.63, 3.8) is 0 Å². The fourth-order valence-electron chi connectivity index (χ4n) is 3.40. The summed E-state index contributed by atoms with van der Waals surface area (Å²) in [5, 5.41) is 10.1. The van der Waals surface area contributed by atoms with Crippen LogP contribution in [-0.4, -0.2) is 31.1 Å². The minimum atomic E-state index is -0.373. The van der Waals surface area contributed by atoms with E-state index in [1.54, 1.807) is 28.9 Å². The zero-order valence-corrected chi connectivity index (χ0v) is 17.9. The molecule has 2 amide bonds. The number of hydrogen-bond donors (Lipinski definition) is 2. The Labute approximate surface area is 183 Å². The first-order valence-electron chi connectivity index (χ1n) is 10.0. The first kappa shape index (κ1) is 21.0. The lowest BCUT2D eigenvalue weighted by Crippen LogP contribution is -2.27. The number of aryl methyl sites for hydroxylation is 1. The van der Waals surface area contributed by atoms with Gasteiger partial charge in [-0.15, -0.1) is 0 Å². The fraction of sp³-hybridized carbons (Fsp3) is 0.174. The van der Waals surface area contributed by atoms with E-state index >= 15 is 0 Å². The van der Waals surface area contributed by atoms with E-state index in [-0.39, 0.29) is 23.9 Å². The summed E-state index contributed by atoms with van der Waals surface area (Å²) in [4.78, 5) is 40.8. The summed E-state index contributed by atoms with van der Waals surface area (Å²) in [5.74, 6) is -0.549. The Bertz CT molecular complexity index is 1390. The van der Waals surface area contributed by atoms with E-state index in [9.17, 15) is 14.4 Å². The Morgan fingerprint density at radius 2 is 1.69 bits per heavy atom. The molecule has 0 aliphatic heterocycles. The van der Waals surface area contributed by atoms with Crippen molar-refractivity contribution in [1.29, 1.82) is 0 Å². The summed E-state index contributed by atoms with van der Waals surface area (Å²) in [6.07, 6.45) is 2.83. The predicted molar refractivity (Wildman–Crippen MR) is 122 cm³/mol. The molecule has 0 fully saturated rings. The van der Waals surface area contributed by atoms with E-state index in [2.05, 4.69) is 20.7 Å². The van der Waals surface area contributed by atoms with Gasteiger partial charge in [0.05, 0.1) is 11.9 Å². The number of amides is 2. The average molecular weight is 430 g/mol. The second-order valence-corrected chi connectivity index (χ2v) is 7.50. The molecule has 0 aliphatic carbocycles. The molecule has 0 aliphatic rings. The summed E-state index contributed by atoms with van der Waals surface area (Å²) in [5.41, 5.74) is 4.28. The van der Waals surface area contributed by atoms with Crippen LogP contribution in [0.3, 0.4) is 0 Å². The molecule has 4 rings (SSSR count). The normalized spacial score (nSPS) is 10.8. The zero-order chi connectivity index (χ0) is 22.8. The van der Waals surface area contributed by atoms with Gasteiger partial charge in [0.15, 0.2) is 5.65 Å². The summed E-state index contributed by atoms with van der Waals surface area (Å²) >= 11 is 0. The Morgan fingerprint density at radius 3 is 2.38 bits per heavy atom. The van der Waals surface area contributed by atoms with Gasteiger partial charge in [-0.25, -0.2) is 9.67 Å². The molecule has 0 unspecified atom stereocenters. The topological polar surface area (TPSA) is 111 Å². The number of nitrogens with one attached hydrogen (secondary N) is 2. The van der Waals surface area contributed by atoms with Crippen LogP contribution in [-0.2, 0) is 16.1 Å². The molecule has 0 spiro atoms. The number of carbonyl (C=O) groups is 2. The van der Waals surface area contributed by atoms with Crippen LogP contribution in [0, 0.1) is 13.8 Å². The number of carbonyl (C=O) groups excluding carboxylic acids is 2. The Kier molecular flexibility index (Phi) is 5.55. The molecular formula is C23H22N6O3. The number of aromatic nitrogens is 4. The van der Waals surface area contributed by atoms with E-state index in [1.165, 1.54) is 24.0 Å². The molecule has 2 N–H and O–H groups in total. The van der Waals surface area contributed by atoms with Crippen molar-refractivity contribution in [2.75, 3.05) is 10.6 Å². The third-order valence-corrected chi connectivity index (χ3v) is 5.16. The molecule has 4 aromatic rings. The molecule has 2 aromatic heterocycles. The highest BCUT2D eigenvalue weighted by molar-refractivity contribution is 5.92. The standard InChI is InChI=1S/C23H22N6O3/c1-14-5-4-6-20(15(14)2)29-22-19(11-25-29)23(32)28(13-24-22)12-21(31)27-18-9-7-17(8-10-18)26-16(3)30/h4-11,13H,12H2,1-3H3,(H,26,30)(H,27,31). The predicted octanol–water partition coefficient (Wildman–Crippen LogP) is 2.80. The lowest BCUT2D eigenvalue weighted by molar-refractivity contribution is -0.117. The monoisotopic (exact) mass is 430 g/mol. The SMILES string of the molecule is CC(=O)Nc1ccc(NC(=O)Cn2cnc3c(cnn3-c3cccc(C)c3C)c2=O)cc1. The summed E-state index contributed by atoms with van der Waals surface area (Å²) in [6.45, 7) is 5.23. The number of fused-ring (bicyclic) bond motifs is 1. The maximum Gasteiger partial charge on any atom is 0.264 e. The maximum absolute atomic E-state index is 12.9. The van der Waals surface area contributed by atoms with Crippen LogP contribution in [0.4, 0.5) is 11.4 Å². The van der Waals surface area contributed by atoms with E-state index in [1.807, 2.05) is 32.0 Å². The van der Waals surface area contributed by atoms with Crippen LogP contribution in [0.5, 0.6) is 0 Å². The second-order valence-electron chi connectivity index (χ2n) is 7.50. The van der Waals surface area contributed by atoms with Gasteiger partial charge >= 0.3 is 0 Å². The molecule has 9 heteroatoms. The number of benzene rings is 2. The fourth-order valence-corrected chi connectivity index (χ4v) is 3.40. The van der Waals surface area contributed by atoms with Crippen molar-refractivity contribution in [2.24, 2.45) is 0 Å². The molecule has 0 atom stereocenters. The van der Waals surface area contributed by atoms with E-state index < -0.39 is 0 Å². The summed E-state index contributed by atoms with van der Waals surface area (Å²) < 4.78 is 2.89. The van der Waals surface area contributed by atoms with Crippen molar-refractivity contribution < 1.29 is 9.59 Å². The van der Waals surface area contributed by atoms with Gasteiger partial charge in [0.2, 0.25) is 11.8 Å². The quantitative estimate of drug-likeness (QED) is 0.506. The largest absolute Gasteiger partial charge is 0.326 e. The first-order valence-corrected chi connectivity index (χ1v) is 10.0. The van der Waals surface area contributed by atoms with Crippen LogP contribution in [0.2, 0.25) is 0 Å². The lowest BCUT2D eigenvalue weighted by Gasteiger charge is -2.10. The Morgan fingerprint density at radius 1 is 1.00 bits per heavy atom. The van der Waals surface area contributed by atoms with Gasteiger partial charge in [-0.1, -0.05) is 12.1 Å². The van der Waals surface area contributed by atoms with Crippen molar-refractivity contribution in [3.05, 3.63) is 76.5 Å². The van der Waals surface area contributed by atoms with Crippen LogP contribution in [0.1, 0.15) is 18.1 Å². The third kappa shape index (κ3) is 4.13. The molecule has 2 aromatic carbocycles. The molecule has 0 saturated carbocycles. The highest BCUT2D eigenvalue weighted by atomic mass is 16.2. The highest BCUT2D eigenvalue weighted by Gasteiger charge is 2.15. The van der Waals surface area contributed by atoms with Crippen LogP contribution < -0.4 is 16.2 Å². The lowest BCUT2D eigenvalue weighted by atomic mass is 10.1. The van der Waals surface area contributed by atoms with Gasteiger partial charge in [-0.2, -0.15) is 5.10 Å². The number of rotatable bonds is 5. The van der Waals surface area contributed by atoms with E-state index in [0.717, 1.165) is 16.8 Å². The average Bonchev–Trinajstić information content (AvgIpc) is 3.18. The van der Waals surface area contributed by atoms with Crippen LogP contribution in [0.25, 0.3) is 16.7 Å². The third-order valence-electron chi connectivity index (χ3n) is 5.16. The van der Waals surface area contributed by atoms with Crippen molar-refractivity contribution in [3.8, 4) is 5.69 Å². The van der Waals surface area contributed by atoms with E-state index in [4.69, 9.17) is 0 Å². The van der Waals surface area contributed by atoms with Crippen molar-refractivity contribution in [2.45, 2.75) is 27.3 Å². The molecule has 32 heavy (non-hydrogen) atoms. The van der Waals surface area contributed by atoms with E-state index in [0.29, 0.717) is 22.4 Å². The molecular weight excluding hydrogens is 408 g/mol. The minimum Gasteiger partial charge on any atom is -0.326 e. The van der Waals surface area contributed by atoms with Crippen molar-refractivity contribution in [1.82, 2.24) is 19.3 Å². The molecule has 9 nitrogen and oxygen atoms in total. The molecule has 2 heterocycles. The van der Waals surface area contributed by atoms with Gasteiger partial charge in [0.1, 0.15) is 18.3 Å². The van der Waals surface area contributed by atoms with Gasteiger partial charge in [-0.05, 0) is 55.3 Å². The molecule has 0 bridgehead atoms. The molecule has 162 valence electrons. The summed E-state index contributed by atoms with van der Waals surface area (Å²) in [6, 6.07) is 12.6. The second kappa shape index (κ2) is 8.46. The maximum atomic E-state index is 12.9. The number of anilines is 2. The molecule has 0 radical (unpaired) electrons. The zero-order valence-electron chi connectivity index (χ0n) is 17.9. The van der Waals surface area contributed by atoms with Gasteiger partial charge in [-0.3, -0.25) is 19.0 Å². The Hall–Kier alpha value is -4.27. The van der Waals surface area contributed by atoms with Gasteiger partial charge < -0.3 is 10.6 Å². The minimum absolute atomic E-state index is 0.176. The number of nitrogens with zero attached hydrogens (tertiary/aromatic N) is 4. The molecule has 0 saturated heterocycles. The van der Waals surface area contributed by atoms with Gasteiger partial charge in [0.25, 0.3) is 5.56 Å². The smallest absolute Gasteiger partial charge is 0.264 e.